The molecule has 0 saturated carbocycles. The zero-order chi connectivity index (χ0) is 14.9. The summed E-state index contributed by atoms with van der Waals surface area (Å²) in [5.74, 6) is -1.95. The molecular formula is C14H10Cl3F2N. The van der Waals surface area contributed by atoms with E-state index >= 15 is 0 Å². The maximum Gasteiger partial charge on any atom is 0.160 e. The summed E-state index contributed by atoms with van der Waals surface area (Å²) in [4.78, 5) is 0. The number of rotatable bonds is 3. The average molecular weight is 337 g/mol. The van der Waals surface area contributed by atoms with Gasteiger partial charge in [0.05, 0.1) is 6.04 Å². The molecule has 0 fully saturated rings. The van der Waals surface area contributed by atoms with Crippen molar-refractivity contribution >= 4 is 34.8 Å². The number of benzene rings is 2. The fourth-order valence-corrected chi connectivity index (χ4v) is 2.75. The van der Waals surface area contributed by atoms with E-state index in [2.05, 4.69) is 5.32 Å². The summed E-state index contributed by atoms with van der Waals surface area (Å²) in [5.41, 5.74) is 1.07. The number of nitrogens with one attached hydrogen (secondary N) is 1. The summed E-state index contributed by atoms with van der Waals surface area (Å²) in [6.07, 6.45) is 0. The van der Waals surface area contributed by atoms with Gasteiger partial charge in [0.25, 0.3) is 0 Å². The fourth-order valence-electron chi connectivity index (χ4n) is 1.97. The van der Waals surface area contributed by atoms with Crippen LogP contribution < -0.4 is 5.32 Å². The van der Waals surface area contributed by atoms with E-state index in [-0.39, 0.29) is 5.02 Å². The van der Waals surface area contributed by atoms with Crippen LogP contribution in [0.15, 0.2) is 30.3 Å². The molecule has 2 aromatic rings. The molecule has 0 amide bonds. The molecule has 0 saturated heterocycles. The van der Waals surface area contributed by atoms with Gasteiger partial charge in [0, 0.05) is 15.1 Å². The van der Waals surface area contributed by atoms with Gasteiger partial charge in [0.2, 0.25) is 0 Å². The van der Waals surface area contributed by atoms with Gasteiger partial charge in [-0.3, -0.25) is 0 Å². The molecule has 1 nitrogen and oxygen atoms in total. The van der Waals surface area contributed by atoms with Gasteiger partial charge in [-0.05, 0) is 42.4 Å². The molecular weight excluding hydrogens is 327 g/mol. The van der Waals surface area contributed by atoms with Crippen molar-refractivity contribution in [2.75, 3.05) is 7.05 Å². The molecule has 0 radical (unpaired) electrons. The van der Waals surface area contributed by atoms with Crippen molar-refractivity contribution < 1.29 is 8.78 Å². The van der Waals surface area contributed by atoms with Crippen LogP contribution in [-0.4, -0.2) is 7.05 Å². The molecule has 0 bridgehead atoms. The monoisotopic (exact) mass is 335 g/mol. The summed E-state index contributed by atoms with van der Waals surface area (Å²) < 4.78 is 26.6. The molecule has 2 rings (SSSR count). The van der Waals surface area contributed by atoms with E-state index in [0.29, 0.717) is 21.2 Å². The highest BCUT2D eigenvalue weighted by molar-refractivity contribution is 6.35. The molecule has 0 heterocycles. The summed E-state index contributed by atoms with van der Waals surface area (Å²) in [5, 5.41) is 4.01. The summed E-state index contributed by atoms with van der Waals surface area (Å²) >= 11 is 18.0. The zero-order valence-electron chi connectivity index (χ0n) is 10.4. The highest BCUT2D eigenvalue weighted by Crippen LogP contribution is 2.34. The molecule has 2 aromatic carbocycles. The van der Waals surface area contributed by atoms with Gasteiger partial charge in [0.15, 0.2) is 11.6 Å². The van der Waals surface area contributed by atoms with Crippen LogP contribution in [0, 0.1) is 11.6 Å². The van der Waals surface area contributed by atoms with Crippen LogP contribution in [0.3, 0.4) is 0 Å². The lowest BCUT2D eigenvalue weighted by atomic mass is 9.98. The van der Waals surface area contributed by atoms with Gasteiger partial charge in [-0.25, -0.2) is 8.78 Å². The van der Waals surface area contributed by atoms with Crippen molar-refractivity contribution in [3.8, 4) is 0 Å². The zero-order valence-corrected chi connectivity index (χ0v) is 12.6. The molecule has 0 aliphatic carbocycles. The Balaban J connectivity index is 2.55. The Morgan fingerprint density at radius 1 is 0.900 bits per heavy atom. The Labute approximate surface area is 130 Å². The van der Waals surface area contributed by atoms with E-state index in [1.54, 1.807) is 25.2 Å². The van der Waals surface area contributed by atoms with Crippen LogP contribution in [0.1, 0.15) is 17.2 Å². The van der Waals surface area contributed by atoms with Crippen molar-refractivity contribution in [1.82, 2.24) is 5.32 Å². The highest BCUT2D eigenvalue weighted by atomic mass is 35.5. The first kappa shape index (κ1) is 15.5. The summed E-state index contributed by atoms with van der Waals surface area (Å²) in [6, 6.07) is 6.49. The molecule has 0 aromatic heterocycles. The average Bonchev–Trinajstić information content (AvgIpc) is 2.38. The van der Waals surface area contributed by atoms with Crippen molar-refractivity contribution in [3.63, 3.8) is 0 Å². The second kappa shape index (κ2) is 6.27. The topological polar surface area (TPSA) is 12.0 Å². The molecule has 106 valence electrons. The number of hydrogen-bond donors (Lipinski definition) is 1. The largest absolute Gasteiger partial charge is 0.309 e. The second-order valence-corrected chi connectivity index (χ2v) is 5.43. The SMILES string of the molecule is CNC(c1ccc(Cl)cc1Cl)c1cc(F)c(F)cc1Cl. The van der Waals surface area contributed by atoms with Gasteiger partial charge >= 0.3 is 0 Å². The Morgan fingerprint density at radius 2 is 1.50 bits per heavy atom. The Morgan fingerprint density at radius 3 is 2.10 bits per heavy atom. The molecule has 1 unspecified atom stereocenters. The Hall–Kier alpha value is -0.870. The molecule has 0 aliphatic heterocycles. The van der Waals surface area contributed by atoms with Crippen molar-refractivity contribution in [3.05, 3.63) is 68.2 Å². The second-order valence-electron chi connectivity index (χ2n) is 4.18. The van der Waals surface area contributed by atoms with Gasteiger partial charge < -0.3 is 5.32 Å². The summed E-state index contributed by atoms with van der Waals surface area (Å²) in [7, 11) is 1.67. The first-order valence-electron chi connectivity index (χ1n) is 5.70. The molecule has 1 N–H and O–H groups in total. The predicted octanol–water partition coefficient (Wildman–Crippen LogP) is 5.23. The van der Waals surface area contributed by atoms with Gasteiger partial charge in [-0.2, -0.15) is 0 Å². The summed E-state index contributed by atoms with van der Waals surface area (Å²) in [6.45, 7) is 0. The number of hydrogen-bond acceptors (Lipinski definition) is 1. The quantitative estimate of drug-likeness (QED) is 0.756. The van der Waals surface area contributed by atoms with E-state index in [9.17, 15) is 8.78 Å². The van der Waals surface area contributed by atoms with Crippen LogP contribution in [-0.2, 0) is 0 Å². The first-order chi connectivity index (χ1) is 9.43. The Kier molecular flexibility index (Phi) is 4.86. The lowest BCUT2D eigenvalue weighted by molar-refractivity contribution is 0.505. The minimum atomic E-state index is -0.990. The maximum absolute atomic E-state index is 13.4. The molecule has 20 heavy (non-hydrogen) atoms. The van der Waals surface area contributed by atoms with E-state index in [1.165, 1.54) is 0 Å². The predicted molar refractivity (Wildman–Crippen MR) is 78.7 cm³/mol. The van der Waals surface area contributed by atoms with E-state index in [1.807, 2.05) is 0 Å². The molecule has 1 atom stereocenters. The van der Waals surface area contributed by atoms with E-state index < -0.39 is 17.7 Å². The van der Waals surface area contributed by atoms with Gasteiger partial charge in [-0.1, -0.05) is 40.9 Å². The normalized spacial score (nSPS) is 12.5. The minimum Gasteiger partial charge on any atom is -0.309 e. The van der Waals surface area contributed by atoms with Crippen molar-refractivity contribution in [2.24, 2.45) is 0 Å². The number of halogens is 5. The van der Waals surface area contributed by atoms with Gasteiger partial charge in [0.1, 0.15) is 0 Å². The standard InChI is InChI=1S/C14H10Cl3F2N/c1-20-14(8-3-2-7(15)4-10(8)16)9-5-12(18)13(19)6-11(9)17/h2-6,14,20H,1H3. The lowest BCUT2D eigenvalue weighted by Gasteiger charge is -2.20. The molecule has 6 heteroatoms. The van der Waals surface area contributed by atoms with E-state index in [0.717, 1.165) is 12.1 Å². The van der Waals surface area contributed by atoms with Crippen LogP contribution >= 0.6 is 34.8 Å². The van der Waals surface area contributed by atoms with Crippen molar-refractivity contribution in [1.29, 1.82) is 0 Å². The Bertz CT molecular complexity index is 647. The van der Waals surface area contributed by atoms with Crippen molar-refractivity contribution in [2.45, 2.75) is 6.04 Å². The van der Waals surface area contributed by atoms with Crippen LogP contribution in [0.5, 0.6) is 0 Å². The molecule has 0 spiro atoms. The third-order valence-corrected chi connectivity index (χ3v) is 3.80. The third-order valence-electron chi connectivity index (χ3n) is 2.91. The lowest BCUT2D eigenvalue weighted by Crippen LogP contribution is -2.19. The minimum absolute atomic E-state index is 0.120. The third kappa shape index (κ3) is 3.07. The van der Waals surface area contributed by atoms with Gasteiger partial charge in [-0.15, -0.1) is 0 Å². The maximum atomic E-state index is 13.4. The highest BCUT2D eigenvalue weighted by Gasteiger charge is 2.20. The van der Waals surface area contributed by atoms with Crippen LogP contribution in [0.4, 0.5) is 8.78 Å². The first-order valence-corrected chi connectivity index (χ1v) is 6.84. The van der Waals surface area contributed by atoms with Crippen LogP contribution in [0.25, 0.3) is 0 Å². The van der Waals surface area contributed by atoms with E-state index in [4.69, 9.17) is 34.8 Å². The van der Waals surface area contributed by atoms with Crippen LogP contribution in [0.2, 0.25) is 15.1 Å². The molecule has 0 aliphatic rings. The fraction of sp³-hybridized carbons (Fsp3) is 0.143. The smallest absolute Gasteiger partial charge is 0.160 e.